The van der Waals surface area contributed by atoms with Crippen LogP contribution in [0.2, 0.25) is 0 Å². The minimum atomic E-state index is -0.314. The molecule has 1 saturated heterocycles. The van der Waals surface area contributed by atoms with E-state index >= 15 is 0 Å². The molecule has 0 aliphatic carbocycles. The van der Waals surface area contributed by atoms with Crippen molar-refractivity contribution < 1.29 is 9.53 Å². The lowest BCUT2D eigenvalue weighted by molar-refractivity contribution is 0.0520. The van der Waals surface area contributed by atoms with E-state index in [2.05, 4.69) is 10.3 Å². The fourth-order valence-electron chi connectivity index (χ4n) is 1.64. The maximum absolute atomic E-state index is 11.4. The summed E-state index contributed by atoms with van der Waals surface area (Å²) in [6, 6.07) is 0. The summed E-state index contributed by atoms with van der Waals surface area (Å²) in [4.78, 5) is 15.7. The van der Waals surface area contributed by atoms with Gasteiger partial charge in [0.2, 0.25) is 0 Å². The molecule has 2 rings (SSSR count). The first-order valence-corrected chi connectivity index (χ1v) is 6.02. The van der Waals surface area contributed by atoms with E-state index in [1.165, 1.54) is 0 Å². The zero-order valence-corrected chi connectivity index (χ0v) is 9.47. The van der Waals surface area contributed by atoms with Gasteiger partial charge in [0.1, 0.15) is 0 Å². The van der Waals surface area contributed by atoms with Crippen LogP contribution < -0.4 is 5.32 Å². The summed E-state index contributed by atoms with van der Waals surface area (Å²) in [6.07, 6.45) is 1.11. The highest BCUT2D eigenvalue weighted by molar-refractivity contribution is 7.09. The lowest BCUT2D eigenvalue weighted by atomic mass is 10.1. The molecule has 0 radical (unpaired) electrons. The first-order valence-electron chi connectivity index (χ1n) is 5.14. The quantitative estimate of drug-likeness (QED) is 0.791. The molecular formula is C10H14N2O2S. The number of nitrogens with zero attached hydrogens (tertiary/aromatic N) is 1. The van der Waals surface area contributed by atoms with Crippen LogP contribution >= 0.6 is 11.3 Å². The molecule has 1 aliphatic heterocycles. The average Bonchev–Trinajstić information content (AvgIpc) is 2.89. The molecule has 5 heteroatoms. The molecule has 1 aromatic heterocycles. The Morgan fingerprint density at radius 1 is 1.80 bits per heavy atom. The first kappa shape index (κ1) is 10.6. The Bertz CT molecular complexity index is 345. The Labute approximate surface area is 92.7 Å². The molecule has 0 aromatic carbocycles. The van der Waals surface area contributed by atoms with Crippen molar-refractivity contribution in [3.63, 3.8) is 0 Å². The van der Waals surface area contributed by atoms with E-state index in [1.54, 1.807) is 23.6 Å². The Morgan fingerprint density at radius 3 is 3.33 bits per heavy atom. The fourth-order valence-corrected chi connectivity index (χ4v) is 2.57. The average molecular weight is 226 g/mol. The van der Waals surface area contributed by atoms with Crippen molar-refractivity contribution in [1.82, 2.24) is 10.3 Å². The number of thiazole rings is 1. The third kappa shape index (κ3) is 2.35. The van der Waals surface area contributed by atoms with Gasteiger partial charge in [-0.1, -0.05) is 0 Å². The molecule has 1 aromatic rings. The number of carbonyl (C=O) groups is 1. The van der Waals surface area contributed by atoms with Crippen LogP contribution in [0, 0.1) is 0 Å². The van der Waals surface area contributed by atoms with Crippen molar-refractivity contribution in [3.8, 4) is 0 Å². The molecule has 15 heavy (non-hydrogen) atoms. The largest absolute Gasteiger partial charge is 0.461 e. The van der Waals surface area contributed by atoms with E-state index in [0.717, 1.165) is 24.5 Å². The number of hydrogen-bond donors (Lipinski definition) is 1. The molecule has 1 aliphatic rings. The molecule has 1 fully saturated rings. The van der Waals surface area contributed by atoms with Crippen LogP contribution in [0.4, 0.5) is 0 Å². The van der Waals surface area contributed by atoms with E-state index in [0.29, 0.717) is 18.2 Å². The number of hydrogen-bond acceptors (Lipinski definition) is 5. The monoisotopic (exact) mass is 226 g/mol. The van der Waals surface area contributed by atoms with E-state index in [9.17, 15) is 4.79 Å². The van der Waals surface area contributed by atoms with Gasteiger partial charge in [-0.3, -0.25) is 0 Å². The van der Waals surface area contributed by atoms with Crippen LogP contribution in [0.3, 0.4) is 0 Å². The summed E-state index contributed by atoms with van der Waals surface area (Å²) in [7, 11) is 0. The zero-order chi connectivity index (χ0) is 10.7. The number of rotatable bonds is 3. The summed E-state index contributed by atoms with van der Waals surface area (Å²) in [5.41, 5.74) is 0.448. The van der Waals surface area contributed by atoms with Crippen LogP contribution in [-0.2, 0) is 4.74 Å². The molecule has 0 spiro atoms. The number of esters is 1. The number of aromatic nitrogens is 1. The highest BCUT2D eigenvalue weighted by Crippen LogP contribution is 2.25. The Morgan fingerprint density at radius 2 is 2.67 bits per heavy atom. The minimum Gasteiger partial charge on any atom is -0.461 e. The van der Waals surface area contributed by atoms with Crippen LogP contribution in [0.15, 0.2) is 5.38 Å². The van der Waals surface area contributed by atoms with Gasteiger partial charge in [-0.25, -0.2) is 9.78 Å². The molecule has 82 valence electrons. The number of nitrogens with one attached hydrogen (secondary N) is 1. The van der Waals surface area contributed by atoms with Gasteiger partial charge in [0.25, 0.3) is 0 Å². The summed E-state index contributed by atoms with van der Waals surface area (Å²) in [5, 5.41) is 6.11. The molecule has 0 saturated carbocycles. The van der Waals surface area contributed by atoms with Crippen molar-refractivity contribution in [2.75, 3.05) is 19.7 Å². The fraction of sp³-hybridized carbons (Fsp3) is 0.600. The van der Waals surface area contributed by atoms with E-state index in [4.69, 9.17) is 4.74 Å². The van der Waals surface area contributed by atoms with Gasteiger partial charge >= 0.3 is 5.97 Å². The number of ether oxygens (including phenoxy) is 1. The predicted molar refractivity (Wildman–Crippen MR) is 58.3 cm³/mol. The normalized spacial score (nSPS) is 20.5. The van der Waals surface area contributed by atoms with Crippen molar-refractivity contribution in [2.24, 2.45) is 0 Å². The highest BCUT2D eigenvalue weighted by Gasteiger charge is 2.21. The molecule has 1 N–H and O–H groups in total. The Hall–Kier alpha value is -0.940. The van der Waals surface area contributed by atoms with Crippen molar-refractivity contribution >= 4 is 17.3 Å². The Kier molecular flexibility index (Phi) is 3.33. The maximum Gasteiger partial charge on any atom is 0.357 e. The Balaban J connectivity index is 2.06. The second-order valence-electron chi connectivity index (χ2n) is 3.48. The summed E-state index contributed by atoms with van der Waals surface area (Å²) < 4.78 is 4.89. The molecular weight excluding hydrogens is 212 g/mol. The smallest absolute Gasteiger partial charge is 0.357 e. The summed E-state index contributed by atoms with van der Waals surface area (Å²) >= 11 is 1.55. The van der Waals surface area contributed by atoms with Gasteiger partial charge in [-0.05, 0) is 19.9 Å². The van der Waals surface area contributed by atoms with Crippen molar-refractivity contribution in [3.05, 3.63) is 16.1 Å². The van der Waals surface area contributed by atoms with Crippen LogP contribution in [-0.4, -0.2) is 30.6 Å². The first-order chi connectivity index (χ1) is 7.31. The zero-order valence-electron chi connectivity index (χ0n) is 8.66. The SMILES string of the molecule is CCOC(=O)c1csc(C2CCNC2)n1. The minimum absolute atomic E-state index is 0.314. The van der Waals surface area contributed by atoms with Gasteiger partial charge < -0.3 is 10.1 Å². The van der Waals surface area contributed by atoms with Gasteiger partial charge in [0, 0.05) is 17.8 Å². The highest BCUT2D eigenvalue weighted by atomic mass is 32.1. The summed E-state index contributed by atoms with van der Waals surface area (Å²) in [6.45, 7) is 4.21. The van der Waals surface area contributed by atoms with Gasteiger partial charge in [-0.2, -0.15) is 0 Å². The lowest BCUT2D eigenvalue weighted by Gasteiger charge is -2.01. The molecule has 1 unspecified atom stereocenters. The van der Waals surface area contributed by atoms with Gasteiger partial charge in [0.15, 0.2) is 5.69 Å². The lowest BCUT2D eigenvalue weighted by Crippen LogP contribution is -2.09. The topological polar surface area (TPSA) is 51.2 Å². The number of carbonyl (C=O) groups excluding carboxylic acids is 1. The van der Waals surface area contributed by atoms with E-state index in [-0.39, 0.29) is 5.97 Å². The molecule has 2 heterocycles. The standard InChI is InChI=1S/C10H14N2O2S/c1-2-14-10(13)8-6-15-9(12-8)7-3-4-11-5-7/h6-7,11H,2-5H2,1H3. The third-order valence-electron chi connectivity index (χ3n) is 2.42. The van der Waals surface area contributed by atoms with E-state index in [1.807, 2.05) is 0 Å². The molecule has 1 atom stereocenters. The van der Waals surface area contributed by atoms with Crippen molar-refractivity contribution in [2.45, 2.75) is 19.3 Å². The predicted octanol–water partition coefficient (Wildman–Crippen LogP) is 1.40. The van der Waals surface area contributed by atoms with Crippen molar-refractivity contribution in [1.29, 1.82) is 0 Å². The van der Waals surface area contributed by atoms with Crippen LogP contribution in [0.1, 0.15) is 34.8 Å². The summed E-state index contributed by atoms with van der Waals surface area (Å²) in [5.74, 6) is 0.157. The van der Waals surface area contributed by atoms with Gasteiger partial charge in [0.05, 0.1) is 11.6 Å². The molecule has 0 bridgehead atoms. The van der Waals surface area contributed by atoms with Gasteiger partial charge in [-0.15, -0.1) is 11.3 Å². The second kappa shape index (κ2) is 4.72. The maximum atomic E-state index is 11.4. The second-order valence-corrected chi connectivity index (χ2v) is 4.37. The molecule has 0 amide bonds. The molecule has 4 nitrogen and oxygen atoms in total. The van der Waals surface area contributed by atoms with E-state index < -0.39 is 0 Å². The third-order valence-corrected chi connectivity index (χ3v) is 3.42. The van der Waals surface area contributed by atoms with Crippen LogP contribution in [0.5, 0.6) is 0 Å². The van der Waals surface area contributed by atoms with Crippen LogP contribution in [0.25, 0.3) is 0 Å².